The van der Waals surface area contributed by atoms with E-state index in [-0.39, 0.29) is 17.9 Å². The highest BCUT2D eigenvalue weighted by atomic mass is 19.4. The molecule has 0 unspecified atom stereocenters. The van der Waals surface area contributed by atoms with Crippen molar-refractivity contribution in [1.29, 1.82) is 0 Å². The van der Waals surface area contributed by atoms with E-state index in [1.165, 1.54) is 16.7 Å². The molecular formula is C18H14F3NO3. The molecule has 0 aliphatic carbocycles. The van der Waals surface area contributed by atoms with E-state index in [0.29, 0.717) is 5.75 Å². The van der Waals surface area contributed by atoms with Crippen LogP contribution in [0.15, 0.2) is 63.9 Å². The summed E-state index contributed by atoms with van der Waals surface area (Å²) in [5, 5.41) is 0. The van der Waals surface area contributed by atoms with Gasteiger partial charge in [0.1, 0.15) is 11.5 Å². The van der Waals surface area contributed by atoms with Gasteiger partial charge < -0.3 is 13.7 Å². The summed E-state index contributed by atoms with van der Waals surface area (Å²) in [6, 6.07) is 12.3. The number of rotatable bonds is 4. The average molecular weight is 349 g/mol. The summed E-state index contributed by atoms with van der Waals surface area (Å²) in [6.45, 7) is -0.0844. The first-order chi connectivity index (χ1) is 11.9. The third-order valence-corrected chi connectivity index (χ3v) is 3.67. The minimum Gasteiger partial charge on any atom is -0.497 e. The van der Waals surface area contributed by atoms with Gasteiger partial charge in [-0.1, -0.05) is 12.1 Å². The van der Waals surface area contributed by atoms with E-state index in [9.17, 15) is 18.0 Å². The van der Waals surface area contributed by atoms with E-state index in [1.54, 1.807) is 31.5 Å². The van der Waals surface area contributed by atoms with E-state index in [2.05, 4.69) is 0 Å². The van der Waals surface area contributed by atoms with Gasteiger partial charge in [0.15, 0.2) is 0 Å². The average Bonchev–Trinajstić information content (AvgIpc) is 3.06. The molecule has 0 amide bonds. The zero-order valence-corrected chi connectivity index (χ0v) is 13.2. The monoisotopic (exact) mass is 349 g/mol. The molecule has 2 heterocycles. The summed E-state index contributed by atoms with van der Waals surface area (Å²) in [4.78, 5) is 12.0. The number of nitrogens with zero attached hydrogens (tertiary/aromatic N) is 1. The number of hydrogen-bond acceptors (Lipinski definition) is 3. The number of aromatic nitrogens is 1. The Hall–Kier alpha value is -2.96. The molecule has 0 atom stereocenters. The lowest BCUT2D eigenvalue weighted by molar-refractivity contribution is -0.153. The number of hydrogen-bond donors (Lipinski definition) is 0. The molecule has 7 heteroatoms. The Labute approximate surface area is 141 Å². The summed E-state index contributed by atoms with van der Waals surface area (Å²) in [5.41, 5.74) is 1.28. The van der Waals surface area contributed by atoms with Crippen LogP contribution in [-0.4, -0.2) is 11.7 Å². The van der Waals surface area contributed by atoms with E-state index in [1.807, 2.05) is 12.1 Å². The fraction of sp³-hybridized carbons (Fsp3) is 0.167. The van der Waals surface area contributed by atoms with Crippen LogP contribution >= 0.6 is 0 Å². The van der Waals surface area contributed by atoms with Crippen molar-refractivity contribution in [3.8, 4) is 16.9 Å². The molecule has 0 radical (unpaired) electrons. The predicted octanol–water partition coefficient (Wildman–Crippen LogP) is 4.18. The minimum absolute atomic E-state index is 0.0568. The summed E-state index contributed by atoms with van der Waals surface area (Å²) in [5.74, 6) is -0.324. The Morgan fingerprint density at radius 1 is 1.00 bits per heavy atom. The first kappa shape index (κ1) is 16.9. The molecule has 0 spiro atoms. The van der Waals surface area contributed by atoms with Gasteiger partial charge in [0.25, 0.3) is 5.56 Å². The van der Waals surface area contributed by atoms with Crippen molar-refractivity contribution in [2.75, 3.05) is 7.11 Å². The van der Waals surface area contributed by atoms with Crippen LogP contribution in [0.2, 0.25) is 0 Å². The second kappa shape index (κ2) is 6.51. The first-order valence-electron chi connectivity index (χ1n) is 7.37. The molecule has 0 saturated carbocycles. The number of halogens is 3. The molecule has 3 aromatic rings. The molecule has 3 rings (SSSR count). The number of alkyl halides is 3. The number of methoxy groups -OCH3 is 1. The van der Waals surface area contributed by atoms with E-state index in [0.717, 1.165) is 17.2 Å². The molecule has 0 N–H and O–H groups in total. The van der Waals surface area contributed by atoms with Gasteiger partial charge in [0.2, 0.25) is 5.76 Å². The highest BCUT2D eigenvalue weighted by Crippen LogP contribution is 2.30. The van der Waals surface area contributed by atoms with Gasteiger partial charge in [-0.25, -0.2) is 0 Å². The summed E-state index contributed by atoms with van der Waals surface area (Å²) in [6.07, 6.45) is -2.96. The van der Waals surface area contributed by atoms with Crippen molar-refractivity contribution in [2.45, 2.75) is 12.7 Å². The lowest BCUT2D eigenvalue weighted by atomic mass is 10.1. The second-order valence-electron chi connectivity index (χ2n) is 5.38. The molecule has 0 bridgehead atoms. The van der Waals surface area contributed by atoms with Crippen LogP contribution < -0.4 is 10.3 Å². The van der Waals surface area contributed by atoms with Crippen molar-refractivity contribution in [3.05, 3.63) is 76.6 Å². The van der Waals surface area contributed by atoms with Gasteiger partial charge in [-0.05, 0) is 41.5 Å². The van der Waals surface area contributed by atoms with Crippen LogP contribution in [0.25, 0.3) is 11.1 Å². The summed E-state index contributed by atoms with van der Waals surface area (Å²) in [7, 11) is 1.56. The Kier molecular flexibility index (Phi) is 4.39. The molecule has 0 aliphatic rings. The maximum atomic E-state index is 12.6. The molecule has 25 heavy (non-hydrogen) atoms. The van der Waals surface area contributed by atoms with Crippen LogP contribution in [0.3, 0.4) is 0 Å². The second-order valence-corrected chi connectivity index (χ2v) is 5.38. The molecule has 130 valence electrons. The quantitative estimate of drug-likeness (QED) is 0.710. The first-order valence-corrected chi connectivity index (χ1v) is 7.37. The van der Waals surface area contributed by atoms with E-state index in [4.69, 9.17) is 9.15 Å². The van der Waals surface area contributed by atoms with Crippen molar-refractivity contribution < 1.29 is 22.3 Å². The number of ether oxygens (including phenoxy) is 1. The van der Waals surface area contributed by atoms with Crippen LogP contribution in [0.1, 0.15) is 11.5 Å². The molecule has 2 aromatic heterocycles. The molecule has 0 fully saturated rings. The van der Waals surface area contributed by atoms with Gasteiger partial charge in [0, 0.05) is 12.3 Å². The molecule has 1 aromatic carbocycles. The van der Waals surface area contributed by atoms with Crippen LogP contribution in [0.5, 0.6) is 5.75 Å². The fourth-order valence-electron chi connectivity index (χ4n) is 2.39. The van der Waals surface area contributed by atoms with Gasteiger partial charge >= 0.3 is 6.18 Å². The van der Waals surface area contributed by atoms with E-state index < -0.39 is 11.9 Å². The number of furan rings is 1. The van der Waals surface area contributed by atoms with Crippen LogP contribution in [-0.2, 0) is 12.7 Å². The van der Waals surface area contributed by atoms with Gasteiger partial charge in [-0.3, -0.25) is 4.79 Å². The fourth-order valence-corrected chi connectivity index (χ4v) is 2.39. The zero-order valence-electron chi connectivity index (χ0n) is 13.2. The van der Waals surface area contributed by atoms with Crippen LogP contribution in [0.4, 0.5) is 13.2 Å². The Morgan fingerprint density at radius 2 is 1.68 bits per heavy atom. The maximum Gasteiger partial charge on any atom is 0.449 e. The minimum atomic E-state index is -4.55. The third kappa shape index (κ3) is 3.76. The number of benzene rings is 1. The highest BCUT2D eigenvalue weighted by Gasteiger charge is 2.34. The van der Waals surface area contributed by atoms with Gasteiger partial charge in [-0.15, -0.1) is 0 Å². The smallest absolute Gasteiger partial charge is 0.449 e. The Bertz CT molecular complexity index is 924. The Balaban J connectivity index is 1.89. The zero-order chi connectivity index (χ0) is 18.0. The van der Waals surface area contributed by atoms with Gasteiger partial charge in [-0.2, -0.15) is 13.2 Å². The molecular weight excluding hydrogens is 335 g/mol. The topological polar surface area (TPSA) is 44.4 Å². The maximum absolute atomic E-state index is 12.6. The SMILES string of the molecule is COc1ccc(-c2ccc(=O)n(Cc3ccc(C(F)(F)F)o3)c2)cc1. The standard InChI is InChI=1S/C18H14F3NO3/c1-24-14-5-2-12(3-6-14)13-4-9-17(23)22(10-13)11-15-7-8-16(25-15)18(19,20)21/h2-10H,11H2,1H3. The van der Waals surface area contributed by atoms with Crippen molar-refractivity contribution in [2.24, 2.45) is 0 Å². The van der Waals surface area contributed by atoms with Crippen molar-refractivity contribution >= 4 is 0 Å². The summed E-state index contributed by atoms with van der Waals surface area (Å²) >= 11 is 0. The molecule has 4 nitrogen and oxygen atoms in total. The number of pyridine rings is 1. The lowest BCUT2D eigenvalue weighted by Gasteiger charge is -2.08. The Morgan fingerprint density at radius 3 is 2.28 bits per heavy atom. The van der Waals surface area contributed by atoms with Gasteiger partial charge in [0.05, 0.1) is 13.7 Å². The van der Waals surface area contributed by atoms with Crippen molar-refractivity contribution in [1.82, 2.24) is 4.57 Å². The largest absolute Gasteiger partial charge is 0.497 e. The van der Waals surface area contributed by atoms with Crippen molar-refractivity contribution in [3.63, 3.8) is 0 Å². The normalized spacial score (nSPS) is 11.5. The lowest BCUT2D eigenvalue weighted by Crippen LogP contribution is -2.18. The molecule has 0 saturated heterocycles. The predicted molar refractivity (Wildman–Crippen MR) is 85.5 cm³/mol. The highest BCUT2D eigenvalue weighted by molar-refractivity contribution is 5.63. The van der Waals surface area contributed by atoms with E-state index >= 15 is 0 Å². The molecule has 0 aliphatic heterocycles. The summed E-state index contributed by atoms with van der Waals surface area (Å²) < 4.78 is 49.0. The van der Waals surface area contributed by atoms with Crippen LogP contribution in [0, 0.1) is 0 Å². The third-order valence-electron chi connectivity index (χ3n) is 3.67.